The van der Waals surface area contributed by atoms with Crippen LogP contribution in [0.1, 0.15) is 48.4 Å². The van der Waals surface area contributed by atoms with Gasteiger partial charge in [0.2, 0.25) is 0 Å². The fourth-order valence-electron chi connectivity index (χ4n) is 5.07. The van der Waals surface area contributed by atoms with Crippen LogP contribution in [0.3, 0.4) is 0 Å². The van der Waals surface area contributed by atoms with Gasteiger partial charge in [0.05, 0.1) is 11.6 Å². The number of hydrogen-bond acceptors (Lipinski definition) is 4. The molecule has 5 nitrogen and oxygen atoms in total. The van der Waals surface area contributed by atoms with Gasteiger partial charge in [-0.15, -0.1) is 0 Å². The van der Waals surface area contributed by atoms with Crippen molar-refractivity contribution < 1.29 is 22.7 Å². The molecule has 2 heterocycles. The van der Waals surface area contributed by atoms with Gasteiger partial charge in [-0.05, 0) is 29.2 Å². The van der Waals surface area contributed by atoms with Crippen LogP contribution < -0.4 is 4.74 Å². The molecule has 8 heteroatoms. The zero-order valence-electron chi connectivity index (χ0n) is 16.1. The van der Waals surface area contributed by atoms with Crippen LogP contribution in [0.4, 0.5) is 13.2 Å². The maximum Gasteiger partial charge on any atom is 0.261 e. The number of benzene rings is 1. The summed E-state index contributed by atoms with van der Waals surface area (Å²) in [5.74, 6) is -2.24. The van der Waals surface area contributed by atoms with Gasteiger partial charge < -0.3 is 9.64 Å². The van der Waals surface area contributed by atoms with Crippen LogP contribution in [-0.4, -0.2) is 34.1 Å². The van der Waals surface area contributed by atoms with Crippen LogP contribution in [0, 0.1) is 28.9 Å². The average molecular weight is 413 g/mol. The molecule has 3 atom stereocenters. The van der Waals surface area contributed by atoms with Crippen molar-refractivity contribution in [2.24, 2.45) is 5.92 Å². The molecule has 30 heavy (non-hydrogen) atoms. The van der Waals surface area contributed by atoms with E-state index in [9.17, 15) is 18.8 Å². The van der Waals surface area contributed by atoms with Gasteiger partial charge in [0.15, 0.2) is 17.2 Å². The molecule has 2 fully saturated rings. The highest BCUT2D eigenvalue weighted by molar-refractivity contribution is 5.88. The summed E-state index contributed by atoms with van der Waals surface area (Å²) in [5, 5.41) is 9.33. The lowest BCUT2D eigenvalue weighted by atomic mass is 9.68. The van der Waals surface area contributed by atoms with Gasteiger partial charge in [0.1, 0.15) is 18.0 Å². The van der Waals surface area contributed by atoms with Gasteiger partial charge in [0, 0.05) is 43.8 Å². The van der Waals surface area contributed by atoms with Crippen molar-refractivity contribution in [2.75, 3.05) is 6.54 Å². The minimum atomic E-state index is -2.08. The fraction of sp³-hybridized carbons (Fsp3) is 0.409. The summed E-state index contributed by atoms with van der Waals surface area (Å²) in [6.45, 7) is 2.39. The highest BCUT2D eigenvalue weighted by atomic mass is 19.1. The molecule has 1 aromatic carbocycles. The zero-order chi connectivity index (χ0) is 21.2. The van der Waals surface area contributed by atoms with Crippen LogP contribution in [0.15, 0.2) is 30.6 Å². The van der Waals surface area contributed by atoms with Crippen molar-refractivity contribution in [3.63, 3.8) is 0 Å². The van der Waals surface area contributed by atoms with Crippen LogP contribution in [0.2, 0.25) is 0 Å². The molecule has 1 aliphatic heterocycles. The predicted molar refractivity (Wildman–Crippen MR) is 99.2 cm³/mol. The zero-order valence-corrected chi connectivity index (χ0v) is 16.1. The maximum atomic E-state index is 15.3. The first-order valence-electron chi connectivity index (χ1n) is 9.82. The van der Waals surface area contributed by atoms with E-state index in [2.05, 4.69) is 11.1 Å². The maximum absolute atomic E-state index is 15.3. The Kier molecular flexibility index (Phi) is 4.07. The van der Waals surface area contributed by atoms with Crippen LogP contribution >= 0.6 is 0 Å². The Bertz CT molecular complexity index is 1090. The molecular formula is C22H18F3N3O2. The molecule has 154 valence electrons. The number of rotatable bonds is 3. The second kappa shape index (κ2) is 6.46. The topological polar surface area (TPSA) is 66.2 Å². The number of aromatic nitrogens is 1. The molecule has 1 aromatic heterocycles. The highest BCUT2D eigenvalue weighted by Crippen LogP contribution is 2.59. The molecule has 1 unspecified atom stereocenters. The number of alkyl halides is 1. The van der Waals surface area contributed by atoms with E-state index in [1.54, 1.807) is 11.1 Å². The summed E-state index contributed by atoms with van der Waals surface area (Å²) in [4.78, 5) is 18.7. The second-order valence-corrected chi connectivity index (χ2v) is 8.40. The van der Waals surface area contributed by atoms with Crippen molar-refractivity contribution in [3.8, 4) is 11.8 Å². The van der Waals surface area contributed by atoms with Crippen LogP contribution in [0.25, 0.3) is 0 Å². The van der Waals surface area contributed by atoms with Crippen molar-refractivity contribution in [1.29, 1.82) is 5.26 Å². The molecule has 2 aliphatic carbocycles. The lowest BCUT2D eigenvalue weighted by molar-refractivity contribution is -0.159. The fourth-order valence-corrected chi connectivity index (χ4v) is 5.07. The van der Waals surface area contributed by atoms with Gasteiger partial charge >= 0.3 is 0 Å². The first kappa shape index (κ1) is 18.9. The lowest BCUT2D eigenvalue weighted by Crippen LogP contribution is -2.57. The summed E-state index contributed by atoms with van der Waals surface area (Å²) in [5.41, 5.74) is 0.144. The smallest absolute Gasteiger partial charge is 0.261 e. The quantitative estimate of drug-likeness (QED) is 0.768. The molecule has 1 amide bonds. The first-order valence-corrected chi connectivity index (χ1v) is 9.82. The summed E-state index contributed by atoms with van der Waals surface area (Å²) >= 11 is 0. The third-order valence-electron chi connectivity index (χ3n) is 6.50. The second-order valence-electron chi connectivity index (χ2n) is 8.40. The van der Waals surface area contributed by atoms with Gasteiger partial charge in [-0.25, -0.2) is 13.2 Å². The Balaban J connectivity index is 1.31. The Hall–Kier alpha value is -3.08. The molecule has 1 saturated heterocycles. The molecule has 1 saturated carbocycles. The Morgan fingerprint density at radius 2 is 2.10 bits per heavy atom. The number of amides is 1. The number of carbonyl (C=O) groups is 1. The van der Waals surface area contributed by atoms with Gasteiger partial charge in [0.25, 0.3) is 5.91 Å². The summed E-state index contributed by atoms with van der Waals surface area (Å²) in [6.07, 6.45) is 2.13. The lowest BCUT2D eigenvalue weighted by Gasteiger charge is -2.45. The van der Waals surface area contributed by atoms with E-state index < -0.39 is 29.3 Å². The third-order valence-corrected chi connectivity index (χ3v) is 6.50. The number of pyridine rings is 1. The average Bonchev–Trinajstić information content (AvgIpc) is 2.96. The van der Waals surface area contributed by atoms with E-state index in [4.69, 9.17) is 4.74 Å². The number of hydrogen-bond donors (Lipinski definition) is 0. The van der Waals surface area contributed by atoms with E-state index in [1.165, 1.54) is 6.20 Å². The van der Waals surface area contributed by atoms with E-state index in [-0.39, 0.29) is 36.5 Å². The monoisotopic (exact) mass is 413 g/mol. The van der Waals surface area contributed by atoms with Gasteiger partial charge in [-0.2, -0.15) is 5.26 Å². The number of nitrogens with zero attached hydrogens (tertiary/aromatic N) is 3. The summed E-state index contributed by atoms with van der Waals surface area (Å²) in [7, 11) is 0. The van der Waals surface area contributed by atoms with Crippen molar-refractivity contribution >= 4 is 5.91 Å². The van der Waals surface area contributed by atoms with Crippen molar-refractivity contribution in [1.82, 2.24) is 9.88 Å². The van der Waals surface area contributed by atoms with Crippen LogP contribution in [-0.2, 0) is 4.79 Å². The Morgan fingerprint density at radius 3 is 2.80 bits per heavy atom. The molecule has 2 aromatic rings. The molecular weight excluding hydrogens is 395 g/mol. The number of nitriles is 1. The molecule has 0 radical (unpaired) electrons. The first-order chi connectivity index (χ1) is 14.3. The molecule has 5 rings (SSSR count). The number of likely N-dealkylation sites (tertiary alicyclic amines) is 1. The Morgan fingerprint density at radius 1 is 1.33 bits per heavy atom. The van der Waals surface area contributed by atoms with Crippen molar-refractivity contribution in [3.05, 3.63) is 58.9 Å². The number of carbonyl (C=O) groups excluding carboxylic acids is 1. The summed E-state index contributed by atoms with van der Waals surface area (Å²) < 4.78 is 47.5. The minimum Gasteiger partial charge on any atom is -0.487 e. The third kappa shape index (κ3) is 2.61. The molecule has 0 N–H and O–H groups in total. The van der Waals surface area contributed by atoms with E-state index >= 15 is 4.39 Å². The van der Waals surface area contributed by atoms with E-state index in [0.717, 1.165) is 23.3 Å². The van der Waals surface area contributed by atoms with Crippen molar-refractivity contribution in [2.45, 2.75) is 43.5 Å². The van der Waals surface area contributed by atoms with E-state index in [1.807, 2.05) is 6.92 Å². The number of fused-ring (bicyclic) bond motifs is 4. The van der Waals surface area contributed by atoms with E-state index in [0.29, 0.717) is 18.2 Å². The SMILES string of the molecule is C[C@H]1CN(C(=O)C2(F)CC(Oc3ccc(F)cc3F)C2)[C@@H]2c3cncc(C#N)c3C21. The number of halogens is 3. The summed E-state index contributed by atoms with van der Waals surface area (Å²) in [6, 6.07) is 4.79. The molecule has 0 spiro atoms. The largest absolute Gasteiger partial charge is 0.487 e. The van der Waals surface area contributed by atoms with Gasteiger partial charge in [-0.1, -0.05) is 6.92 Å². The van der Waals surface area contributed by atoms with Gasteiger partial charge in [-0.3, -0.25) is 9.78 Å². The normalized spacial score (nSPS) is 31.1. The van der Waals surface area contributed by atoms with Crippen LogP contribution in [0.5, 0.6) is 5.75 Å². The minimum absolute atomic E-state index is 0.00522. The molecule has 0 bridgehead atoms. The predicted octanol–water partition coefficient (Wildman–Crippen LogP) is 3.80. The standard InChI is InChI=1S/C22H18F3N3O2/c1-11-10-28(20-15-9-27-8-12(7-26)19(15)18(11)20)21(29)22(25)5-14(6-22)30-17-3-2-13(23)4-16(17)24/h2-4,8-9,11,14,18,20H,5-6,10H2,1H3/t11-,14?,18?,20+,22?/m0/s1. The highest BCUT2D eigenvalue weighted by Gasteiger charge is 2.60. The Labute approximate surface area is 171 Å². The number of ether oxygens (including phenoxy) is 1. The molecule has 3 aliphatic rings.